The van der Waals surface area contributed by atoms with Crippen LogP contribution in [0.2, 0.25) is 0 Å². The first-order chi connectivity index (χ1) is 7.56. The summed E-state index contributed by atoms with van der Waals surface area (Å²) in [5, 5.41) is 8.52. The van der Waals surface area contributed by atoms with Gasteiger partial charge < -0.3 is 24.1 Å². The van der Waals surface area contributed by atoms with Crippen LogP contribution in [0.5, 0.6) is 0 Å². The maximum atomic E-state index is 11.5. The van der Waals surface area contributed by atoms with E-state index >= 15 is 0 Å². The maximum absolute atomic E-state index is 11.5. The van der Waals surface area contributed by atoms with Crippen molar-refractivity contribution in [1.82, 2.24) is 0 Å². The van der Waals surface area contributed by atoms with Gasteiger partial charge in [-0.25, -0.2) is 0 Å². The molecular weight excluding hydrogens is 216 g/mol. The molecule has 1 N–H and O–H groups in total. The summed E-state index contributed by atoms with van der Waals surface area (Å²) >= 11 is 0. The van der Waals surface area contributed by atoms with E-state index in [1.165, 1.54) is 0 Å². The minimum atomic E-state index is -0.747. The molecule has 1 atom stereocenters. The van der Waals surface area contributed by atoms with Crippen LogP contribution in [0.25, 0.3) is 0 Å². The minimum Gasteiger partial charge on any atom is -0.463 e. The van der Waals surface area contributed by atoms with E-state index in [4.69, 9.17) is 24.1 Å². The Morgan fingerprint density at radius 1 is 1.56 bits per heavy atom. The normalized spacial score (nSPS) is 19.6. The topological polar surface area (TPSA) is 77.5 Å². The average Bonchev–Trinajstić information content (AvgIpc) is 3.04. The van der Waals surface area contributed by atoms with Gasteiger partial charge in [0.15, 0.2) is 6.29 Å². The number of ether oxygens (including phenoxy) is 4. The molecule has 0 aromatic rings. The molecular formula is C10H18O6. The van der Waals surface area contributed by atoms with Crippen molar-refractivity contribution in [2.75, 3.05) is 33.2 Å². The predicted molar refractivity (Wildman–Crippen MR) is 53.5 cm³/mol. The minimum absolute atomic E-state index is 0.00861. The molecule has 1 rings (SSSR count). The van der Waals surface area contributed by atoms with Crippen LogP contribution in [-0.2, 0) is 23.7 Å². The molecule has 1 unspecified atom stereocenters. The Labute approximate surface area is 94.4 Å². The van der Waals surface area contributed by atoms with Crippen molar-refractivity contribution >= 4 is 5.97 Å². The van der Waals surface area contributed by atoms with Crippen molar-refractivity contribution in [1.29, 1.82) is 0 Å². The van der Waals surface area contributed by atoms with Gasteiger partial charge in [-0.1, -0.05) is 0 Å². The SMILES string of the molecule is CC(C)(COCOC1CO1)C(=O)OCCO. The summed E-state index contributed by atoms with van der Waals surface area (Å²) in [7, 11) is 0. The van der Waals surface area contributed by atoms with Gasteiger partial charge in [0.2, 0.25) is 0 Å². The highest BCUT2D eigenvalue weighted by Gasteiger charge is 2.30. The number of carbonyl (C=O) groups excluding carboxylic acids is 1. The molecule has 0 aliphatic carbocycles. The Morgan fingerprint density at radius 3 is 2.81 bits per heavy atom. The molecule has 6 heteroatoms. The van der Waals surface area contributed by atoms with E-state index < -0.39 is 11.4 Å². The molecule has 0 saturated carbocycles. The predicted octanol–water partition coefficient (Wildman–Crippen LogP) is -0.105. The van der Waals surface area contributed by atoms with Crippen LogP contribution in [-0.4, -0.2) is 50.6 Å². The monoisotopic (exact) mass is 234 g/mol. The van der Waals surface area contributed by atoms with Crippen LogP contribution in [0.1, 0.15) is 13.8 Å². The second-order valence-corrected chi connectivity index (χ2v) is 4.14. The van der Waals surface area contributed by atoms with E-state index in [-0.39, 0.29) is 32.9 Å². The lowest BCUT2D eigenvalue weighted by Crippen LogP contribution is -2.32. The van der Waals surface area contributed by atoms with E-state index in [2.05, 4.69) is 0 Å². The number of aliphatic hydroxyl groups is 1. The Kier molecular flexibility index (Phi) is 5.14. The zero-order chi connectivity index (χ0) is 12.0. The molecule has 1 aliphatic heterocycles. The highest BCUT2D eigenvalue weighted by molar-refractivity contribution is 5.76. The Bertz CT molecular complexity index is 223. The van der Waals surface area contributed by atoms with E-state index in [1.807, 2.05) is 0 Å². The first-order valence-electron chi connectivity index (χ1n) is 5.15. The molecule has 94 valence electrons. The molecule has 6 nitrogen and oxygen atoms in total. The number of hydrogen-bond acceptors (Lipinski definition) is 6. The van der Waals surface area contributed by atoms with Gasteiger partial charge in [-0.15, -0.1) is 0 Å². The van der Waals surface area contributed by atoms with Crippen LogP contribution < -0.4 is 0 Å². The van der Waals surface area contributed by atoms with E-state index in [1.54, 1.807) is 13.8 Å². The number of esters is 1. The number of carbonyl (C=O) groups is 1. The summed E-state index contributed by atoms with van der Waals surface area (Å²) in [5.41, 5.74) is -0.747. The van der Waals surface area contributed by atoms with Crippen molar-refractivity contribution in [2.45, 2.75) is 20.1 Å². The second kappa shape index (κ2) is 6.15. The van der Waals surface area contributed by atoms with E-state index in [9.17, 15) is 4.79 Å². The average molecular weight is 234 g/mol. The third-order valence-corrected chi connectivity index (χ3v) is 1.98. The lowest BCUT2D eigenvalue weighted by atomic mass is 9.95. The van der Waals surface area contributed by atoms with Crippen molar-refractivity contribution in [3.8, 4) is 0 Å². The standard InChI is InChI=1S/C10H18O6/c1-10(2,9(12)14-4-3-11)6-13-7-16-8-5-15-8/h8,11H,3-7H2,1-2H3. The molecule has 0 aromatic heterocycles. The third kappa shape index (κ3) is 4.89. The highest BCUT2D eigenvalue weighted by atomic mass is 16.8. The van der Waals surface area contributed by atoms with Gasteiger partial charge in [0, 0.05) is 0 Å². The van der Waals surface area contributed by atoms with E-state index in [0.717, 1.165) is 0 Å². The first kappa shape index (κ1) is 13.4. The fourth-order valence-electron chi connectivity index (χ4n) is 0.949. The largest absolute Gasteiger partial charge is 0.463 e. The fraction of sp³-hybridized carbons (Fsp3) is 0.900. The summed E-state index contributed by atoms with van der Waals surface area (Å²) in [6.07, 6.45) is -0.149. The van der Waals surface area contributed by atoms with Gasteiger partial charge in [-0.2, -0.15) is 0 Å². The van der Waals surface area contributed by atoms with Crippen LogP contribution in [0.15, 0.2) is 0 Å². The summed E-state index contributed by atoms with van der Waals surface area (Å²) in [6.45, 7) is 4.15. The van der Waals surface area contributed by atoms with Crippen LogP contribution >= 0.6 is 0 Å². The van der Waals surface area contributed by atoms with Crippen LogP contribution in [0.4, 0.5) is 0 Å². The zero-order valence-corrected chi connectivity index (χ0v) is 9.60. The smallest absolute Gasteiger partial charge is 0.313 e. The maximum Gasteiger partial charge on any atom is 0.313 e. The molecule has 0 aromatic carbocycles. The van der Waals surface area contributed by atoms with Crippen molar-refractivity contribution in [3.05, 3.63) is 0 Å². The van der Waals surface area contributed by atoms with Crippen molar-refractivity contribution < 1.29 is 28.8 Å². The zero-order valence-electron chi connectivity index (χ0n) is 9.60. The second-order valence-electron chi connectivity index (χ2n) is 4.14. The highest BCUT2D eigenvalue weighted by Crippen LogP contribution is 2.18. The molecule has 16 heavy (non-hydrogen) atoms. The summed E-state index contributed by atoms with van der Waals surface area (Å²) in [4.78, 5) is 11.5. The van der Waals surface area contributed by atoms with Crippen LogP contribution in [0.3, 0.4) is 0 Å². The molecule has 1 aliphatic rings. The lowest BCUT2D eigenvalue weighted by molar-refractivity contribution is -0.163. The first-order valence-corrected chi connectivity index (χ1v) is 5.15. The molecule has 0 bridgehead atoms. The number of aliphatic hydroxyl groups excluding tert-OH is 1. The molecule has 1 heterocycles. The van der Waals surface area contributed by atoms with Gasteiger partial charge in [0.1, 0.15) is 20.0 Å². The van der Waals surface area contributed by atoms with Crippen LogP contribution in [0, 0.1) is 5.41 Å². The molecule has 1 saturated heterocycles. The fourth-order valence-corrected chi connectivity index (χ4v) is 0.949. The molecule has 1 fully saturated rings. The molecule has 0 radical (unpaired) electrons. The Morgan fingerprint density at radius 2 is 2.25 bits per heavy atom. The summed E-state index contributed by atoms with van der Waals surface area (Å²) in [5.74, 6) is -0.399. The van der Waals surface area contributed by atoms with Crippen molar-refractivity contribution in [3.63, 3.8) is 0 Å². The van der Waals surface area contributed by atoms with Gasteiger partial charge in [0.25, 0.3) is 0 Å². The van der Waals surface area contributed by atoms with Crippen molar-refractivity contribution in [2.24, 2.45) is 5.41 Å². The number of hydrogen-bond donors (Lipinski definition) is 1. The molecule has 0 amide bonds. The Balaban J connectivity index is 2.12. The van der Waals surface area contributed by atoms with Gasteiger partial charge in [-0.05, 0) is 13.8 Å². The van der Waals surface area contributed by atoms with Gasteiger partial charge in [-0.3, -0.25) is 4.79 Å². The number of rotatable bonds is 8. The van der Waals surface area contributed by atoms with Gasteiger partial charge in [0.05, 0.1) is 18.6 Å². The Hall–Kier alpha value is -0.690. The van der Waals surface area contributed by atoms with Gasteiger partial charge >= 0.3 is 5.97 Å². The molecule has 0 spiro atoms. The summed E-state index contributed by atoms with van der Waals surface area (Å²) < 4.78 is 19.9. The summed E-state index contributed by atoms with van der Waals surface area (Å²) in [6, 6.07) is 0. The quantitative estimate of drug-likeness (QED) is 0.273. The third-order valence-electron chi connectivity index (χ3n) is 1.98. The van der Waals surface area contributed by atoms with E-state index in [0.29, 0.717) is 6.61 Å². The number of epoxide rings is 1. The lowest BCUT2D eigenvalue weighted by Gasteiger charge is -2.21.